The summed E-state index contributed by atoms with van der Waals surface area (Å²) in [6, 6.07) is 74.9. The van der Waals surface area contributed by atoms with Crippen LogP contribution < -0.4 is 11.1 Å². The first-order valence-corrected chi connectivity index (χ1v) is 21.0. The van der Waals surface area contributed by atoms with Crippen molar-refractivity contribution in [3.05, 3.63) is 223 Å². The molecule has 2 heterocycles. The average molecular weight is 852 g/mol. The zero-order valence-electron chi connectivity index (χ0n) is 33.1. The van der Waals surface area contributed by atoms with Gasteiger partial charge in [-0.3, -0.25) is 0 Å². The van der Waals surface area contributed by atoms with Gasteiger partial charge >= 0.3 is 0 Å². The number of nitrogens with two attached hydrogens (primary N) is 1. The van der Waals surface area contributed by atoms with E-state index in [0.29, 0.717) is 0 Å². The Morgan fingerprint density at radius 1 is 0.328 bits per heavy atom. The van der Waals surface area contributed by atoms with Crippen molar-refractivity contribution in [1.29, 1.82) is 0 Å². The molecule has 0 bridgehead atoms. The fourth-order valence-corrected chi connectivity index (χ4v) is 8.21. The smallest absolute Gasteiger partial charge is 0.136 e. The zero-order chi connectivity index (χ0) is 41.1. The molecule has 12 aromatic rings. The van der Waals surface area contributed by atoms with Crippen molar-refractivity contribution < 1.29 is 8.83 Å². The highest BCUT2D eigenvalue weighted by Crippen LogP contribution is 2.34. The molecule has 0 spiro atoms. The lowest BCUT2D eigenvalue weighted by Gasteiger charge is -2.09. The van der Waals surface area contributed by atoms with Gasteiger partial charge in [0.2, 0.25) is 0 Å². The topological polar surface area (TPSA) is 64.3 Å². The number of halogens is 1. The predicted octanol–water partition coefficient (Wildman–Crippen LogP) is 16.6. The monoisotopic (exact) mass is 850 g/mol. The van der Waals surface area contributed by atoms with Gasteiger partial charge in [0.1, 0.15) is 22.3 Å². The van der Waals surface area contributed by atoms with Crippen LogP contribution in [0.5, 0.6) is 0 Å². The highest BCUT2D eigenvalue weighted by atomic mass is 79.9. The van der Waals surface area contributed by atoms with E-state index in [9.17, 15) is 0 Å². The molecule has 2 aromatic heterocycles. The van der Waals surface area contributed by atoms with Crippen LogP contribution in [0, 0.1) is 0 Å². The molecule has 5 heteroatoms. The maximum Gasteiger partial charge on any atom is 0.136 e. The molecular formula is C56H39BrN2O2. The molecule has 4 nitrogen and oxygen atoms in total. The van der Waals surface area contributed by atoms with Crippen molar-refractivity contribution in [1.82, 2.24) is 0 Å². The third kappa shape index (κ3) is 8.07. The van der Waals surface area contributed by atoms with Gasteiger partial charge in [-0.25, -0.2) is 0 Å². The van der Waals surface area contributed by atoms with Gasteiger partial charge in [-0.2, -0.15) is 0 Å². The zero-order valence-corrected chi connectivity index (χ0v) is 34.6. The van der Waals surface area contributed by atoms with Gasteiger partial charge in [-0.1, -0.05) is 149 Å². The summed E-state index contributed by atoms with van der Waals surface area (Å²) < 4.78 is 13.1. The van der Waals surface area contributed by atoms with Crippen LogP contribution in [0.4, 0.5) is 17.1 Å². The van der Waals surface area contributed by atoms with Gasteiger partial charge in [0, 0.05) is 43.1 Å². The summed E-state index contributed by atoms with van der Waals surface area (Å²) in [5, 5.41) is 13.2. The molecule has 0 atom stereocenters. The summed E-state index contributed by atoms with van der Waals surface area (Å²) in [4.78, 5) is 0. The lowest BCUT2D eigenvalue weighted by atomic mass is 10.0. The Morgan fingerprint density at radius 3 is 1.33 bits per heavy atom. The van der Waals surface area contributed by atoms with E-state index in [-0.39, 0.29) is 0 Å². The summed E-state index contributed by atoms with van der Waals surface area (Å²) in [7, 11) is 0. The van der Waals surface area contributed by atoms with E-state index < -0.39 is 0 Å². The minimum absolute atomic E-state index is 0.776. The number of anilines is 3. The second-order valence-corrected chi connectivity index (χ2v) is 15.9. The molecule has 0 fully saturated rings. The maximum atomic E-state index is 6.04. The lowest BCUT2D eigenvalue weighted by Crippen LogP contribution is -1.90. The van der Waals surface area contributed by atoms with E-state index >= 15 is 0 Å². The van der Waals surface area contributed by atoms with Crippen LogP contribution in [-0.2, 0) is 0 Å². The van der Waals surface area contributed by atoms with E-state index in [0.717, 1.165) is 82.1 Å². The van der Waals surface area contributed by atoms with Crippen molar-refractivity contribution in [2.24, 2.45) is 0 Å². The van der Waals surface area contributed by atoms with E-state index in [2.05, 4.69) is 179 Å². The molecule has 0 radical (unpaired) electrons. The van der Waals surface area contributed by atoms with Gasteiger partial charge in [-0.05, 0) is 129 Å². The van der Waals surface area contributed by atoms with Crippen molar-refractivity contribution >= 4 is 98.4 Å². The van der Waals surface area contributed by atoms with Gasteiger partial charge in [-0.15, -0.1) is 0 Å². The molecule has 0 saturated heterocycles. The number of furan rings is 2. The van der Waals surface area contributed by atoms with Gasteiger partial charge in [0.25, 0.3) is 0 Å². The van der Waals surface area contributed by atoms with Crippen LogP contribution in [-0.4, -0.2) is 0 Å². The molecule has 0 aliphatic carbocycles. The second kappa shape index (κ2) is 16.6. The van der Waals surface area contributed by atoms with Crippen LogP contribution in [0.25, 0.3) is 87.7 Å². The minimum Gasteiger partial charge on any atom is -0.456 e. The fourth-order valence-electron chi connectivity index (χ4n) is 7.83. The Bertz CT molecular complexity index is 3480. The molecule has 0 amide bonds. The van der Waals surface area contributed by atoms with E-state index in [1.54, 1.807) is 0 Å². The summed E-state index contributed by atoms with van der Waals surface area (Å²) in [5.74, 6) is 0. The number of rotatable bonds is 4. The number of benzene rings is 10. The SMILES string of the molecule is Brc1ccc2ccccc2c1.Nc1ccc(-c2ccc3c(c2)oc2ccccc23)cc1.c1ccc2cc(Nc3ccc(-c4ccc5c(c4)oc4ccccc45)cc3)ccc2c1. The highest BCUT2D eigenvalue weighted by molar-refractivity contribution is 9.10. The maximum absolute atomic E-state index is 6.04. The third-order valence-corrected chi connectivity index (χ3v) is 11.5. The van der Waals surface area contributed by atoms with E-state index in [1.165, 1.54) is 27.1 Å². The summed E-state index contributed by atoms with van der Waals surface area (Å²) in [6.07, 6.45) is 0. The van der Waals surface area contributed by atoms with E-state index in [4.69, 9.17) is 14.6 Å². The Labute approximate surface area is 361 Å². The summed E-state index contributed by atoms with van der Waals surface area (Å²) in [6.45, 7) is 0. The fraction of sp³-hybridized carbons (Fsp3) is 0. The molecule has 3 N–H and O–H groups in total. The van der Waals surface area contributed by atoms with Gasteiger partial charge in [0.15, 0.2) is 0 Å². The first kappa shape index (κ1) is 37.7. The van der Waals surface area contributed by atoms with Crippen LogP contribution in [0.15, 0.2) is 232 Å². The van der Waals surface area contributed by atoms with Crippen molar-refractivity contribution in [3.63, 3.8) is 0 Å². The van der Waals surface area contributed by atoms with Gasteiger partial charge < -0.3 is 19.9 Å². The first-order chi connectivity index (χ1) is 30.0. The number of hydrogen-bond donors (Lipinski definition) is 2. The van der Waals surface area contributed by atoms with Crippen LogP contribution in [0.3, 0.4) is 0 Å². The molecule has 12 rings (SSSR count). The molecule has 0 saturated carbocycles. The number of hydrogen-bond acceptors (Lipinski definition) is 4. The first-order valence-electron chi connectivity index (χ1n) is 20.2. The lowest BCUT2D eigenvalue weighted by molar-refractivity contribution is 0.668. The second-order valence-electron chi connectivity index (χ2n) is 15.0. The molecule has 61 heavy (non-hydrogen) atoms. The Morgan fingerprint density at radius 2 is 0.754 bits per heavy atom. The molecule has 0 aliphatic rings. The van der Waals surface area contributed by atoms with Crippen molar-refractivity contribution in [2.45, 2.75) is 0 Å². The molecule has 10 aromatic carbocycles. The quantitative estimate of drug-likeness (QED) is 0.173. The normalized spacial score (nSPS) is 11.1. The average Bonchev–Trinajstić information content (AvgIpc) is 3.87. The third-order valence-electron chi connectivity index (χ3n) is 11.0. The van der Waals surface area contributed by atoms with Crippen molar-refractivity contribution in [3.8, 4) is 22.3 Å². The minimum atomic E-state index is 0.776. The van der Waals surface area contributed by atoms with Crippen LogP contribution in [0.2, 0.25) is 0 Å². The number of fused-ring (bicyclic) bond motifs is 8. The standard InChI is InChI=1S/C28H19NO.C18H13NO.C10H7Br/c1-2-6-21-17-24(15-11-19(21)5-1)29-23-13-9-20(10-14-23)22-12-16-26-25-7-3-4-8-27(25)30-28(26)18-22;19-14-8-5-12(6-9-14)13-7-10-16-15-3-1-2-4-17(15)20-18(16)11-13;11-10-6-5-8-3-1-2-4-9(8)7-10/h1-18,29H;1-11H,19H2;1-7H. The highest BCUT2D eigenvalue weighted by Gasteiger charge is 2.09. The Balaban J connectivity index is 0.000000123. The molecular weight excluding hydrogens is 813 g/mol. The summed E-state index contributed by atoms with van der Waals surface area (Å²) in [5.41, 5.74) is 17.0. The summed E-state index contributed by atoms with van der Waals surface area (Å²) >= 11 is 3.43. The van der Waals surface area contributed by atoms with Crippen molar-refractivity contribution in [2.75, 3.05) is 11.1 Å². The Kier molecular flexibility index (Phi) is 10.2. The number of nitrogens with one attached hydrogen (secondary N) is 1. The molecule has 0 aliphatic heterocycles. The van der Waals surface area contributed by atoms with E-state index in [1.807, 2.05) is 60.7 Å². The molecule has 292 valence electrons. The van der Waals surface area contributed by atoms with Crippen LogP contribution >= 0.6 is 15.9 Å². The predicted molar refractivity (Wildman–Crippen MR) is 262 cm³/mol. The molecule has 0 unspecified atom stereocenters. The number of para-hydroxylation sites is 2. The largest absolute Gasteiger partial charge is 0.456 e. The number of nitrogen functional groups attached to an aromatic ring is 1. The van der Waals surface area contributed by atoms with Gasteiger partial charge in [0.05, 0.1) is 0 Å². The Hall–Kier alpha value is -7.60. The van der Waals surface area contributed by atoms with Crippen LogP contribution in [0.1, 0.15) is 0 Å².